The Balaban J connectivity index is 0.000000250. The van der Waals surface area contributed by atoms with Crippen molar-refractivity contribution in [2.24, 2.45) is 0 Å². The highest BCUT2D eigenvalue weighted by atomic mass is 32.2. The van der Waals surface area contributed by atoms with E-state index in [9.17, 15) is 13.0 Å². The molecule has 2 aromatic heterocycles. The molecule has 0 unspecified atom stereocenters. The summed E-state index contributed by atoms with van der Waals surface area (Å²) in [5.74, 6) is 3.22. The summed E-state index contributed by atoms with van der Waals surface area (Å²) >= 11 is 0. The average molecular weight is 598 g/mol. The maximum absolute atomic E-state index is 10.7. The van der Waals surface area contributed by atoms with Crippen LogP contribution in [0.3, 0.4) is 0 Å². The van der Waals surface area contributed by atoms with E-state index in [1.165, 1.54) is 0 Å². The maximum Gasteiger partial charge on any atom is 0.160 e. The third kappa shape index (κ3) is 9.72. The number of aryl methyl sites for hydroxylation is 2. The number of aromatic nitrogens is 6. The van der Waals surface area contributed by atoms with Crippen LogP contribution in [0.15, 0.2) is 60.7 Å². The Kier molecular flexibility index (Phi) is 11.3. The van der Waals surface area contributed by atoms with Gasteiger partial charge in [-0.15, -0.1) is 20.4 Å². The van der Waals surface area contributed by atoms with Crippen LogP contribution < -0.4 is 4.90 Å². The zero-order chi connectivity index (χ0) is 30.9. The molecular weight excluding hydrogens is 554 g/mol. The smallest absolute Gasteiger partial charge is 0.160 e. The van der Waals surface area contributed by atoms with Crippen LogP contribution in [0.1, 0.15) is 37.1 Å². The van der Waals surface area contributed by atoms with E-state index in [4.69, 9.17) is 0 Å². The van der Waals surface area contributed by atoms with Crippen molar-refractivity contribution in [2.75, 3.05) is 52.2 Å². The minimum absolute atomic E-state index is 0.405. The molecule has 0 amide bonds. The highest BCUT2D eigenvalue weighted by Crippen LogP contribution is 2.17. The van der Waals surface area contributed by atoms with Crippen LogP contribution in [0.2, 0.25) is 0 Å². The van der Waals surface area contributed by atoms with E-state index >= 15 is 0 Å². The Hall–Kier alpha value is -3.65. The summed E-state index contributed by atoms with van der Waals surface area (Å²) in [5, 5.41) is 17.5. The van der Waals surface area contributed by atoms with Gasteiger partial charge < -0.3 is 13.9 Å². The fourth-order valence-corrected chi connectivity index (χ4v) is 5.16. The number of benzene rings is 2. The van der Waals surface area contributed by atoms with E-state index in [1.54, 1.807) is 4.90 Å². The number of quaternary nitrogens is 1. The number of para-hydroxylation sites is 2. The Morgan fingerprint density at radius 1 is 0.857 bits per heavy atom. The summed E-state index contributed by atoms with van der Waals surface area (Å²) in [7, 11) is 4.14. The molecule has 0 spiro atoms. The third-order valence-electron chi connectivity index (χ3n) is 6.41. The Morgan fingerprint density at radius 2 is 1.43 bits per heavy atom. The molecule has 4 rings (SSSR count). The first-order valence-corrected chi connectivity index (χ1v) is 15.5. The Morgan fingerprint density at radius 3 is 1.98 bits per heavy atom. The quantitative estimate of drug-likeness (QED) is 0.138. The van der Waals surface area contributed by atoms with Gasteiger partial charge in [0.25, 0.3) is 0 Å². The van der Waals surface area contributed by atoms with Crippen LogP contribution >= 0.6 is 0 Å². The first-order chi connectivity index (χ1) is 19.8. The van der Waals surface area contributed by atoms with Gasteiger partial charge in [-0.1, -0.05) is 50.2 Å². The van der Waals surface area contributed by atoms with E-state index in [2.05, 4.69) is 69.7 Å². The van der Waals surface area contributed by atoms with Gasteiger partial charge in [0.15, 0.2) is 6.67 Å². The van der Waals surface area contributed by atoms with E-state index in [-0.39, 0.29) is 0 Å². The number of hydrogen-bond donors (Lipinski definition) is 0. The molecule has 0 aliphatic heterocycles. The van der Waals surface area contributed by atoms with E-state index in [1.807, 2.05) is 74.3 Å². The largest absolute Gasteiger partial charge is 0.747 e. The summed E-state index contributed by atoms with van der Waals surface area (Å²) in [6, 6.07) is 19.8. The van der Waals surface area contributed by atoms with Gasteiger partial charge >= 0.3 is 0 Å². The minimum atomic E-state index is -4.21. The molecule has 0 fully saturated rings. The predicted molar refractivity (Wildman–Crippen MR) is 163 cm³/mol. The molecule has 2 heterocycles. The monoisotopic (exact) mass is 597 g/mol. The molecule has 0 atom stereocenters. The van der Waals surface area contributed by atoms with Gasteiger partial charge in [0, 0.05) is 24.8 Å². The Bertz CT molecular complexity index is 1500. The van der Waals surface area contributed by atoms with E-state index < -0.39 is 16.0 Å². The van der Waals surface area contributed by atoms with Gasteiger partial charge in [-0.2, -0.15) is 0 Å². The van der Waals surface area contributed by atoms with Crippen molar-refractivity contribution in [2.45, 2.75) is 40.3 Å². The van der Waals surface area contributed by atoms with Crippen molar-refractivity contribution >= 4 is 15.8 Å². The first kappa shape index (κ1) is 32.9. The summed E-state index contributed by atoms with van der Waals surface area (Å²) in [5.41, 5.74) is 2.04. The topological polar surface area (TPSA) is 125 Å². The SMILES string of the molecule is CCN(CN(C)c1ccccc1)CS(=O)(=O)[O-].CCc1nnc(Cc2nnc(C)n2-c2ccccc2)n1C[N+](C)(C)C. The van der Waals surface area contributed by atoms with Crippen LogP contribution in [0.5, 0.6) is 0 Å². The fraction of sp³-hybridized carbons (Fsp3) is 0.448. The van der Waals surface area contributed by atoms with Crippen LogP contribution in [-0.2, 0) is 29.6 Å². The number of rotatable bonds is 12. The highest BCUT2D eigenvalue weighted by Gasteiger charge is 2.20. The van der Waals surface area contributed by atoms with Gasteiger partial charge in [0.05, 0.1) is 40.1 Å². The molecule has 12 nitrogen and oxygen atoms in total. The van der Waals surface area contributed by atoms with Crippen LogP contribution in [0, 0.1) is 6.92 Å². The number of hydrogen-bond acceptors (Lipinski definition) is 9. The van der Waals surface area contributed by atoms with Crippen molar-refractivity contribution < 1.29 is 17.5 Å². The van der Waals surface area contributed by atoms with E-state index in [0.717, 1.165) is 52.2 Å². The van der Waals surface area contributed by atoms with Crippen LogP contribution in [0.25, 0.3) is 5.69 Å². The molecule has 0 bridgehead atoms. The summed E-state index contributed by atoms with van der Waals surface area (Å²) in [6.07, 6.45) is 1.46. The lowest BCUT2D eigenvalue weighted by molar-refractivity contribution is -0.893. The lowest BCUT2D eigenvalue weighted by Crippen LogP contribution is -2.38. The second-order valence-corrected chi connectivity index (χ2v) is 12.5. The molecule has 2 aromatic carbocycles. The average Bonchev–Trinajstić information content (AvgIpc) is 3.49. The highest BCUT2D eigenvalue weighted by molar-refractivity contribution is 7.85. The molecule has 0 aliphatic rings. The second-order valence-electron chi connectivity index (χ2n) is 11.1. The van der Waals surface area contributed by atoms with Crippen molar-refractivity contribution in [1.29, 1.82) is 0 Å². The van der Waals surface area contributed by atoms with Gasteiger partial charge in [-0.05, 0) is 37.7 Å². The lowest BCUT2D eigenvalue weighted by atomic mass is 10.3. The molecule has 0 saturated heterocycles. The van der Waals surface area contributed by atoms with Gasteiger partial charge in [-0.25, -0.2) is 8.42 Å². The van der Waals surface area contributed by atoms with Crippen molar-refractivity contribution in [1.82, 2.24) is 34.4 Å². The molecule has 0 N–H and O–H groups in total. The zero-order valence-electron chi connectivity index (χ0n) is 25.7. The number of anilines is 1. The predicted octanol–water partition coefficient (Wildman–Crippen LogP) is 2.89. The van der Waals surface area contributed by atoms with Gasteiger partial charge in [-0.3, -0.25) is 14.0 Å². The van der Waals surface area contributed by atoms with E-state index in [0.29, 0.717) is 19.6 Å². The summed E-state index contributed by atoms with van der Waals surface area (Å²) in [4.78, 5) is 3.48. The third-order valence-corrected chi connectivity index (χ3v) is 7.09. The molecule has 4 aromatic rings. The van der Waals surface area contributed by atoms with Crippen molar-refractivity contribution in [3.63, 3.8) is 0 Å². The van der Waals surface area contributed by atoms with Gasteiger partial charge in [0.1, 0.15) is 33.4 Å². The standard InChI is InChI=1S/C18H26N7.C11H18N2O3S/c1-6-16-20-21-17(23(16)13-25(3,4)5)12-18-22-19-14(2)24(18)15-10-8-7-9-11-15;1-3-13(10-17(14,15)16)9-12(2)11-7-5-4-6-8-11/h7-11H,6,12-13H2,1-5H3;4-8H,3,9-10H2,1-2H3,(H,14,15,16)/q+1;/p-1. The molecule has 0 saturated carbocycles. The van der Waals surface area contributed by atoms with Crippen molar-refractivity contribution in [3.05, 3.63) is 84.0 Å². The molecule has 228 valence electrons. The molecule has 13 heteroatoms. The summed E-state index contributed by atoms with van der Waals surface area (Å²) < 4.78 is 37.2. The molecule has 42 heavy (non-hydrogen) atoms. The summed E-state index contributed by atoms with van der Waals surface area (Å²) in [6.45, 7) is 7.64. The molecular formula is C29H43N9O3S. The molecule has 0 radical (unpaired) electrons. The Labute approximate surface area is 249 Å². The first-order valence-electron chi connectivity index (χ1n) is 13.9. The van der Waals surface area contributed by atoms with Crippen molar-refractivity contribution in [3.8, 4) is 5.69 Å². The maximum atomic E-state index is 10.7. The van der Waals surface area contributed by atoms with Crippen LogP contribution in [-0.4, -0.2) is 99.2 Å². The molecule has 0 aliphatic carbocycles. The van der Waals surface area contributed by atoms with Crippen LogP contribution in [0.4, 0.5) is 5.69 Å². The number of nitrogens with zero attached hydrogens (tertiary/aromatic N) is 9. The lowest BCUT2D eigenvalue weighted by Gasteiger charge is -2.28. The normalized spacial score (nSPS) is 11.8. The zero-order valence-corrected chi connectivity index (χ0v) is 26.5. The fourth-order valence-electron chi connectivity index (χ4n) is 4.45. The van der Waals surface area contributed by atoms with Gasteiger partial charge in [0.2, 0.25) is 0 Å². The second kappa shape index (κ2) is 14.5. The minimum Gasteiger partial charge on any atom is -0.747 e.